The molecular weight excluding hydrogens is 282 g/mol. The van der Waals surface area contributed by atoms with Crippen molar-refractivity contribution in [1.29, 1.82) is 0 Å². The van der Waals surface area contributed by atoms with Crippen LogP contribution in [0, 0.1) is 0 Å². The predicted octanol–water partition coefficient (Wildman–Crippen LogP) is 1.18. The van der Waals surface area contributed by atoms with Crippen LogP contribution in [0.3, 0.4) is 0 Å². The Morgan fingerprint density at radius 2 is 2.10 bits per heavy atom. The summed E-state index contributed by atoms with van der Waals surface area (Å²) in [7, 11) is -1.73. The van der Waals surface area contributed by atoms with Crippen LogP contribution in [-0.4, -0.2) is 40.4 Å². The first-order valence-electron chi connectivity index (χ1n) is 6.18. The molecule has 1 aromatic heterocycles. The molecule has 1 heterocycles. The van der Waals surface area contributed by atoms with Crippen molar-refractivity contribution in [2.75, 3.05) is 11.4 Å². The van der Waals surface area contributed by atoms with E-state index in [1.165, 1.54) is 17.2 Å². The second-order valence-corrected chi connectivity index (χ2v) is 5.51. The maximum atomic E-state index is 12.1. The standard InChI is InChI=1S/C12H18BClN2O4/c1-5-16(11(17)20-12(2,3)4)10-9(14)8(13(18)19)6-7-15-10/h6-7,18-19H,5H2,1-4H3. The third-order valence-corrected chi connectivity index (χ3v) is 2.75. The van der Waals surface area contributed by atoms with E-state index in [-0.39, 0.29) is 22.8 Å². The Hall–Kier alpha value is -1.31. The highest BCUT2D eigenvalue weighted by atomic mass is 35.5. The summed E-state index contributed by atoms with van der Waals surface area (Å²) in [5.41, 5.74) is -0.566. The fourth-order valence-corrected chi connectivity index (χ4v) is 1.83. The minimum Gasteiger partial charge on any atom is -0.443 e. The van der Waals surface area contributed by atoms with Crippen LogP contribution in [0.25, 0.3) is 0 Å². The zero-order valence-electron chi connectivity index (χ0n) is 11.9. The monoisotopic (exact) mass is 300 g/mol. The van der Waals surface area contributed by atoms with Crippen molar-refractivity contribution in [2.45, 2.75) is 33.3 Å². The number of nitrogens with zero attached hydrogens (tertiary/aromatic N) is 2. The number of carbonyl (C=O) groups is 1. The largest absolute Gasteiger partial charge is 0.490 e. The van der Waals surface area contributed by atoms with Gasteiger partial charge in [0.1, 0.15) is 5.60 Å². The van der Waals surface area contributed by atoms with Gasteiger partial charge in [0, 0.05) is 18.2 Å². The third-order valence-electron chi connectivity index (χ3n) is 2.36. The van der Waals surface area contributed by atoms with Gasteiger partial charge >= 0.3 is 13.2 Å². The number of hydrogen-bond acceptors (Lipinski definition) is 5. The first kappa shape index (κ1) is 16.7. The molecule has 0 radical (unpaired) electrons. The van der Waals surface area contributed by atoms with Crippen molar-refractivity contribution in [3.8, 4) is 0 Å². The molecule has 0 fully saturated rings. The molecule has 0 bridgehead atoms. The first-order valence-corrected chi connectivity index (χ1v) is 6.56. The maximum Gasteiger partial charge on any atom is 0.490 e. The second kappa shape index (κ2) is 6.43. The molecule has 8 heteroatoms. The van der Waals surface area contributed by atoms with Gasteiger partial charge in [-0.05, 0) is 33.8 Å². The van der Waals surface area contributed by atoms with Crippen LogP contribution >= 0.6 is 11.6 Å². The molecular formula is C12H18BClN2O4. The number of halogens is 1. The lowest BCUT2D eigenvalue weighted by molar-refractivity contribution is 0.0581. The van der Waals surface area contributed by atoms with E-state index >= 15 is 0 Å². The number of anilines is 1. The summed E-state index contributed by atoms with van der Waals surface area (Å²) in [6.45, 7) is 7.28. The van der Waals surface area contributed by atoms with Crippen LogP contribution in [0.1, 0.15) is 27.7 Å². The SMILES string of the molecule is CCN(C(=O)OC(C)(C)C)c1nccc(B(O)O)c1Cl. The molecule has 1 rings (SSSR count). The van der Waals surface area contributed by atoms with Gasteiger partial charge in [-0.15, -0.1) is 0 Å². The molecule has 1 aromatic rings. The van der Waals surface area contributed by atoms with E-state index in [9.17, 15) is 14.8 Å². The second-order valence-electron chi connectivity index (χ2n) is 5.14. The Balaban J connectivity index is 3.13. The number of hydrogen-bond donors (Lipinski definition) is 2. The van der Waals surface area contributed by atoms with E-state index in [1.54, 1.807) is 27.7 Å². The minimum atomic E-state index is -1.73. The Labute approximate surface area is 123 Å². The summed E-state index contributed by atoms with van der Waals surface area (Å²) in [6, 6.07) is 1.37. The summed E-state index contributed by atoms with van der Waals surface area (Å²) in [6.07, 6.45) is 0.752. The van der Waals surface area contributed by atoms with Gasteiger partial charge in [-0.2, -0.15) is 0 Å². The number of amides is 1. The van der Waals surface area contributed by atoms with E-state index in [2.05, 4.69) is 4.98 Å². The number of carbonyl (C=O) groups excluding carboxylic acids is 1. The molecule has 2 N–H and O–H groups in total. The smallest absolute Gasteiger partial charge is 0.443 e. The Kier molecular flexibility index (Phi) is 5.38. The fourth-order valence-electron chi connectivity index (χ4n) is 1.52. The van der Waals surface area contributed by atoms with Crippen molar-refractivity contribution < 1.29 is 19.6 Å². The third kappa shape index (κ3) is 4.09. The van der Waals surface area contributed by atoms with Gasteiger partial charge < -0.3 is 14.8 Å². The van der Waals surface area contributed by atoms with Gasteiger partial charge in [0.15, 0.2) is 5.82 Å². The van der Waals surface area contributed by atoms with Gasteiger partial charge in [-0.25, -0.2) is 9.78 Å². The molecule has 0 saturated heterocycles. The molecule has 0 aromatic carbocycles. The average molecular weight is 301 g/mol. The normalized spacial score (nSPS) is 11.2. The number of aromatic nitrogens is 1. The maximum absolute atomic E-state index is 12.1. The van der Waals surface area contributed by atoms with Crippen LogP contribution in [0.4, 0.5) is 10.6 Å². The molecule has 1 amide bonds. The van der Waals surface area contributed by atoms with E-state index in [0.717, 1.165) is 0 Å². The van der Waals surface area contributed by atoms with E-state index < -0.39 is 18.8 Å². The van der Waals surface area contributed by atoms with Crippen molar-refractivity contribution in [2.24, 2.45) is 0 Å². The predicted molar refractivity (Wildman–Crippen MR) is 78.3 cm³/mol. The lowest BCUT2D eigenvalue weighted by Gasteiger charge is -2.26. The van der Waals surface area contributed by atoms with Crippen LogP contribution in [-0.2, 0) is 4.74 Å². The van der Waals surface area contributed by atoms with E-state index in [0.29, 0.717) is 0 Å². The molecule has 0 aliphatic carbocycles. The number of rotatable bonds is 3. The Morgan fingerprint density at radius 1 is 1.50 bits per heavy atom. The minimum absolute atomic E-state index is 0.00945. The first-order chi connectivity index (χ1) is 9.17. The van der Waals surface area contributed by atoms with Crippen molar-refractivity contribution in [1.82, 2.24) is 4.98 Å². The lowest BCUT2D eigenvalue weighted by Crippen LogP contribution is -2.39. The van der Waals surface area contributed by atoms with Gasteiger partial charge in [-0.1, -0.05) is 11.6 Å². The van der Waals surface area contributed by atoms with E-state index in [1.807, 2.05) is 0 Å². The van der Waals surface area contributed by atoms with Crippen LogP contribution < -0.4 is 10.4 Å². The van der Waals surface area contributed by atoms with E-state index in [4.69, 9.17) is 16.3 Å². The molecule has 20 heavy (non-hydrogen) atoms. The molecule has 0 unspecified atom stereocenters. The molecule has 6 nitrogen and oxygen atoms in total. The van der Waals surface area contributed by atoms with Crippen molar-refractivity contribution >= 4 is 36.1 Å². The quantitative estimate of drug-likeness (QED) is 0.819. The fraction of sp³-hybridized carbons (Fsp3) is 0.500. The molecule has 0 atom stereocenters. The highest BCUT2D eigenvalue weighted by molar-refractivity contribution is 6.63. The molecule has 0 aliphatic rings. The van der Waals surface area contributed by atoms with Gasteiger partial charge in [0.2, 0.25) is 0 Å². The summed E-state index contributed by atoms with van der Waals surface area (Å²) >= 11 is 6.06. The Morgan fingerprint density at radius 3 is 2.55 bits per heavy atom. The van der Waals surface area contributed by atoms with Gasteiger partial charge in [0.05, 0.1) is 5.02 Å². The van der Waals surface area contributed by atoms with Crippen molar-refractivity contribution in [3.63, 3.8) is 0 Å². The summed E-state index contributed by atoms with van der Waals surface area (Å²) in [5.74, 6) is 0.133. The highest BCUT2D eigenvalue weighted by Crippen LogP contribution is 2.23. The van der Waals surface area contributed by atoms with Crippen molar-refractivity contribution in [3.05, 3.63) is 17.3 Å². The summed E-state index contributed by atoms with van der Waals surface area (Å²) < 4.78 is 5.26. The van der Waals surface area contributed by atoms with Gasteiger partial charge in [0.25, 0.3) is 0 Å². The summed E-state index contributed by atoms with van der Waals surface area (Å²) in [5, 5.41) is 18.4. The average Bonchev–Trinajstić information content (AvgIpc) is 2.29. The molecule has 110 valence electrons. The highest BCUT2D eigenvalue weighted by Gasteiger charge is 2.27. The molecule has 0 aliphatic heterocycles. The zero-order chi connectivity index (χ0) is 15.5. The summed E-state index contributed by atoms with van der Waals surface area (Å²) in [4.78, 5) is 17.4. The Bertz CT molecular complexity index is 491. The molecule has 0 saturated carbocycles. The van der Waals surface area contributed by atoms with Crippen LogP contribution in [0.5, 0.6) is 0 Å². The zero-order valence-corrected chi connectivity index (χ0v) is 12.7. The topological polar surface area (TPSA) is 82.9 Å². The number of ether oxygens (including phenoxy) is 1. The lowest BCUT2D eigenvalue weighted by atomic mass is 9.81. The molecule has 0 spiro atoms. The number of pyridine rings is 1. The van der Waals surface area contributed by atoms with Crippen LogP contribution in [0.2, 0.25) is 5.02 Å². The van der Waals surface area contributed by atoms with Gasteiger partial charge in [-0.3, -0.25) is 4.90 Å². The van der Waals surface area contributed by atoms with Crippen LogP contribution in [0.15, 0.2) is 12.3 Å².